The van der Waals surface area contributed by atoms with E-state index in [1.807, 2.05) is 0 Å². The zero-order chi connectivity index (χ0) is 28.1. The number of amides is 3. The van der Waals surface area contributed by atoms with Crippen LogP contribution in [0.3, 0.4) is 0 Å². The van der Waals surface area contributed by atoms with Crippen LogP contribution in [0, 0.1) is 21.7 Å². The van der Waals surface area contributed by atoms with E-state index in [0.717, 1.165) is 12.1 Å². The minimum atomic E-state index is -0.996. The van der Waals surface area contributed by atoms with Gasteiger partial charge in [-0.25, -0.2) is 8.78 Å². The molecule has 1 aliphatic heterocycles. The molecule has 1 aliphatic rings. The van der Waals surface area contributed by atoms with E-state index < -0.39 is 40.2 Å². The summed E-state index contributed by atoms with van der Waals surface area (Å²) in [7, 11) is 1.41. The van der Waals surface area contributed by atoms with Crippen molar-refractivity contribution in [2.24, 2.45) is 0 Å². The van der Waals surface area contributed by atoms with Crippen LogP contribution in [0.2, 0.25) is 0 Å². The van der Waals surface area contributed by atoms with Crippen molar-refractivity contribution in [1.29, 1.82) is 0 Å². The van der Waals surface area contributed by atoms with E-state index in [1.54, 1.807) is 30.3 Å². The number of thioether (sulfide) groups is 1. The van der Waals surface area contributed by atoms with Crippen LogP contribution in [0.25, 0.3) is 6.08 Å². The third-order valence-corrected chi connectivity index (χ3v) is 6.29. The first-order chi connectivity index (χ1) is 18.6. The Morgan fingerprint density at radius 2 is 1.90 bits per heavy atom. The van der Waals surface area contributed by atoms with Gasteiger partial charge in [-0.1, -0.05) is 18.2 Å². The average Bonchev–Trinajstić information content (AvgIpc) is 3.16. The van der Waals surface area contributed by atoms with Crippen molar-refractivity contribution in [2.45, 2.75) is 6.61 Å². The number of nitrogens with one attached hydrogen (secondary N) is 1. The smallest absolute Gasteiger partial charge is 0.294 e. The van der Waals surface area contributed by atoms with Crippen molar-refractivity contribution in [1.82, 2.24) is 4.90 Å². The van der Waals surface area contributed by atoms with E-state index in [4.69, 9.17) is 9.47 Å². The van der Waals surface area contributed by atoms with E-state index in [-0.39, 0.29) is 22.9 Å². The highest BCUT2D eigenvalue weighted by atomic mass is 32.2. The van der Waals surface area contributed by atoms with Gasteiger partial charge in [-0.15, -0.1) is 0 Å². The van der Waals surface area contributed by atoms with Gasteiger partial charge in [-0.05, 0) is 53.2 Å². The molecular weight excluding hydrogens is 536 g/mol. The lowest BCUT2D eigenvalue weighted by Gasteiger charge is -2.13. The highest BCUT2D eigenvalue weighted by Crippen LogP contribution is 2.35. The van der Waals surface area contributed by atoms with Crippen LogP contribution in [0.15, 0.2) is 65.6 Å². The Kier molecular flexibility index (Phi) is 8.20. The molecule has 1 heterocycles. The van der Waals surface area contributed by atoms with Gasteiger partial charge < -0.3 is 14.8 Å². The summed E-state index contributed by atoms with van der Waals surface area (Å²) in [5.74, 6) is -2.71. The molecule has 1 saturated heterocycles. The molecule has 0 aliphatic carbocycles. The molecule has 0 spiro atoms. The Morgan fingerprint density at radius 3 is 2.62 bits per heavy atom. The fourth-order valence-corrected chi connectivity index (χ4v) is 4.36. The average molecular weight is 556 g/mol. The maximum Gasteiger partial charge on any atom is 0.294 e. The molecule has 0 atom stereocenters. The highest BCUT2D eigenvalue weighted by Gasteiger charge is 2.36. The van der Waals surface area contributed by atoms with Gasteiger partial charge in [0.1, 0.15) is 24.8 Å². The summed E-state index contributed by atoms with van der Waals surface area (Å²) in [5.41, 5.74) is 0.726. The Labute approximate surface area is 224 Å². The SMILES string of the molecule is COc1cc(/C=C2/SC(=O)N(CC(=O)Nc3ccc(F)cc3F)C2=O)ccc1OCc1cccc([N+](=O)[O-])c1. The molecule has 3 aromatic carbocycles. The summed E-state index contributed by atoms with van der Waals surface area (Å²) in [5, 5.41) is 12.5. The topological polar surface area (TPSA) is 128 Å². The van der Waals surface area contributed by atoms with Crippen LogP contribution in [0.4, 0.5) is 25.0 Å². The number of nitro groups is 1. The molecule has 0 aromatic heterocycles. The molecule has 3 amide bonds. The summed E-state index contributed by atoms with van der Waals surface area (Å²) >= 11 is 0.627. The van der Waals surface area contributed by atoms with Crippen LogP contribution in [0.5, 0.6) is 11.5 Å². The number of anilines is 1. The second kappa shape index (κ2) is 11.7. The lowest BCUT2D eigenvalue weighted by Crippen LogP contribution is -2.36. The van der Waals surface area contributed by atoms with Gasteiger partial charge >= 0.3 is 0 Å². The predicted molar refractivity (Wildman–Crippen MR) is 138 cm³/mol. The van der Waals surface area contributed by atoms with Crippen LogP contribution in [-0.2, 0) is 16.2 Å². The van der Waals surface area contributed by atoms with E-state index >= 15 is 0 Å². The van der Waals surface area contributed by atoms with Gasteiger partial charge in [-0.3, -0.25) is 29.4 Å². The van der Waals surface area contributed by atoms with E-state index in [9.17, 15) is 33.3 Å². The summed E-state index contributed by atoms with van der Waals surface area (Å²) < 4.78 is 38.0. The number of ether oxygens (including phenoxy) is 2. The maximum absolute atomic E-state index is 13.8. The Bertz CT molecular complexity index is 1510. The zero-order valence-electron chi connectivity index (χ0n) is 20.2. The number of halogens is 2. The molecule has 13 heteroatoms. The molecule has 0 radical (unpaired) electrons. The molecule has 1 fully saturated rings. The second-order valence-corrected chi connectivity index (χ2v) is 9.06. The molecule has 10 nitrogen and oxygen atoms in total. The van der Waals surface area contributed by atoms with Crippen LogP contribution < -0.4 is 14.8 Å². The quantitative estimate of drug-likeness (QED) is 0.219. The van der Waals surface area contributed by atoms with Crippen molar-refractivity contribution in [3.63, 3.8) is 0 Å². The molecule has 1 N–H and O–H groups in total. The van der Waals surface area contributed by atoms with Crippen molar-refractivity contribution < 1.29 is 37.6 Å². The van der Waals surface area contributed by atoms with Crippen molar-refractivity contribution in [3.05, 3.63) is 98.4 Å². The van der Waals surface area contributed by atoms with Crippen LogP contribution in [0.1, 0.15) is 11.1 Å². The number of nitrogens with zero attached hydrogens (tertiary/aromatic N) is 2. The van der Waals surface area contributed by atoms with Crippen LogP contribution in [-0.4, -0.2) is 40.5 Å². The number of methoxy groups -OCH3 is 1. The van der Waals surface area contributed by atoms with Gasteiger partial charge in [0.05, 0.1) is 22.6 Å². The number of nitro benzene ring substituents is 1. The van der Waals surface area contributed by atoms with Crippen LogP contribution >= 0.6 is 11.8 Å². The van der Waals surface area contributed by atoms with E-state index in [1.165, 1.54) is 25.3 Å². The van der Waals surface area contributed by atoms with Gasteiger partial charge in [0.15, 0.2) is 11.5 Å². The zero-order valence-corrected chi connectivity index (χ0v) is 21.0. The summed E-state index contributed by atoms with van der Waals surface area (Å²) in [6, 6.07) is 13.3. The second-order valence-electron chi connectivity index (χ2n) is 8.07. The Morgan fingerprint density at radius 1 is 1.10 bits per heavy atom. The van der Waals surface area contributed by atoms with Crippen molar-refractivity contribution in [3.8, 4) is 11.5 Å². The molecule has 39 heavy (non-hydrogen) atoms. The predicted octanol–water partition coefficient (Wildman–Crippen LogP) is 5.14. The van der Waals surface area contributed by atoms with Gasteiger partial charge in [0.25, 0.3) is 16.8 Å². The maximum atomic E-state index is 13.8. The number of carbonyl (C=O) groups excluding carboxylic acids is 3. The molecule has 0 saturated carbocycles. The first kappa shape index (κ1) is 27.3. The van der Waals surface area contributed by atoms with Crippen molar-refractivity contribution >= 4 is 46.3 Å². The fourth-order valence-electron chi connectivity index (χ4n) is 3.53. The minimum absolute atomic E-state index is 0.0418. The molecule has 0 bridgehead atoms. The third kappa shape index (κ3) is 6.57. The molecule has 200 valence electrons. The van der Waals surface area contributed by atoms with E-state index in [0.29, 0.717) is 45.4 Å². The monoisotopic (exact) mass is 555 g/mol. The minimum Gasteiger partial charge on any atom is -0.493 e. The first-order valence-electron chi connectivity index (χ1n) is 11.2. The number of carbonyl (C=O) groups is 3. The molecule has 0 unspecified atom stereocenters. The van der Waals surface area contributed by atoms with E-state index in [2.05, 4.69) is 5.32 Å². The number of hydrogen-bond acceptors (Lipinski definition) is 8. The normalized spacial score (nSPS) is 14.0. The number of benzene rings is 3. The molecule has 3 aromatic rings. The van der Waals surface area contributed by atoms with Gasteiger partial charge in [0, 0.05) is 18.2 Å². The standard InChI is InChI=1S/C26H19F2N3O7S/c1-37-22-10-15(5-8-21(22)38-14-16-3-2-4-18(9-16)31(35)36)11-23-25(33)30(26(34)39-23)13-24(32)29-20-7-6-17(27)12-19(20)28/h2-12H,13-14H2,1H3,(H,29,32)/b23-11+. The molecular formula is C26H19F2N3O7S. The summed E-state index contributed by atoms with van der Waals surface area (Å²) in [4.78, 5) is 48.7. The number of rotatable bonds is 9. The Hall–Kier alpha value is -4.78. The lowest BCUT2D eigenvalue weighted by molar-refractivity contribution is -0.384. The van der Waals surface area contributed by atoms with Crippen molar-refractivity contribution in [2.75, 3.05) is 19.0 Å². The first-order valence-corrected chi connectivity index (χ1v) is 12.0. The highest BCUT2D eigenvalue weighted by molar-refractivity contribution is 8.18. The Balaban J connectivity index is 1.43. The number of hydrogen-bond donors (Lipinski definition) is 1. The largest absolute Gasteiger partial charge is 0.493 e. The van der Waals surface area contributed by atoms with Gasteiger partial charge in [-0.2, -0.15) is 0 Å². The lowest BCUT2D eigenvalue weighted by atomic mass is 10.1. The van der Waals surface area contributed by atoms with Gasteiger partial charge in [0.2, 0.25) is 5.91 Å². The summed E-state index contributed by atoms with van der Waals surface area (Å²) in [6.45, 7) is -0.618. The number of imide groups is 1. The summed E-state index contributed by atoms with van der Waals surface area (Å²) in [6.07, 6.45) is 1.44. The third-order valence-electron chi connectivity index (χ3n) is 5.38. The molecule has 4 rings (SSSR count). The number of non-ortho nitro benzene ring substituents is 1. The fraction of sp³-hybridized carbons (Fsp3) is 0.115.